The van der Waals surface area contributed by atoms with Crippen molar-refractivity contribution in [3.8, 4) is 0 Å². The van der Waals surface area contributed by atoms with Crippen molar-refractivity contribution < 1.29 is 0 Å². The lowest BCUT2D eigenvalue weighted by molar-refractivity contribution is 0.310. The molecule has 0 bridgehead atoms. The van der Waals surface area contributed by atoms with E-state index in [-0.39, 0.29) is 0 Å². The second-order valence-corrected chi connectivity index (χ2v) is 5.90. The quantitative estimate of drug-likeness (QED) is 0.688. The highest BCUT2D eigenvalue weighted by Gasteiger charge is 2.17. The Balaban J connectivity index is 2.33. The van der Waals surface area contributed by atoms with Crippen LogP contribution in [-0.4, -0.2) is 4.57 Å². The Bertz CT molecular complexity index is 473. The lowest BCUT2D eigenvalue weighted by Crippen LogP contribution is -2.14. The minimum atomic E-state index is 0.380. The Kier molecular flexibility index (Phi) is 2.79. The van der Waals surface area contributed by atoms with Gasteiger partial charge in [0.1, 0.15) is 0 Å². The number of para-hydroxylation sites is 1. The summed E-state index contributed by atoms with van der Waals surface area (Å²) in [7, 11) is 0. The van der Waals surface area contributed by atoms with E-state index in [0.717, 1.165) is 0 Å². The number of hydrogen-bond acceptors (Lipinski definition) is 0. The summed E-state index contributed by atoms with van der Waals surface area (Å²) in [6.07, 6.45) is 3.41. The van der Waals surface area contributed by atoms with Crippen molar-refractivity contribution in [2.45, 2.75) is 40.2 Å². The fourth-order valence-corrected chi connectivity index (χ4v) is 2.47. The zero-order chi connectivity index (χ0) is 11.8. The third-order valence-electron chi connectivity index (χ3n) is 3.01. The highest BCUT2D eigenvalue weighted by atomic mass is 15.0. The van der Waals surface area contributed by atoms with Crippen molar-refractivity contribution >= 4 is 10.9 Å². The Morgan fingerprint density at radius 1 is 1.12 bits per heavy atom. The summed E-state index contributed by atoms with van der Waals surface area (Å²) < 4.78 is 2.39. The van der Waals surface area contributed by atoms with Crippen molar-refractivity contribution in [2.75, 3.05) is 0 Å². The number of fused-ring (bicyclic) bond motifs is 1. The first-order chi connectivity index (χ1) is 7.47. The molecule has 1 unspecified atom stereocenters. The number of hydrogen-bond donors (Lipinski definition) is 0. The largest absolute Gasteiger partial charge is 0.345 e. The molecule has 0 aliphatic rings. The molecule has 1 heteroatoms. The summed E-state index contributed by atoms with van der Waals surface area (Å²) in [6, 6.07) is 11.3. The number of aromatic nitrogens is 1. The maximum absolute atomic E-state index is 2.39. The van der Waals surface area contributed by atoms with Crippen LogP contribution >= 0.6 is 0 Å². The smallest absolute Gasteiger partial charge is 0.0482 e. The van der Waals surface area contributed by atoms with Crippen LogP contribution in [0.15, 0.2) is 36.5 Å². The molecule has 1 atom stereocenters. The van der Waals surface area contributed by atoms with Gasteiger partial charge in [0.15, 0.2) is 0 Å². The molecule has 1 aromatic heterocycles. The molecule has 16 heavy (non-hydrogen) atoms. The molecule has 2 aromatic rings. The van der Waals surface area contributed by atoms with Crippen LogP contribution in [0.4, 0.5) is 0 Å². The van der Waals surface area contributed by atoms with Crippen LogP contribution in [0.2, 0.25) is 0 Å². The summed E-state index contributed by atoms with van der Waals surface area (Å²) in [6.45, 7) is 9.21. The van der Waals surface area contributed by atoms with E-state index in [0.29, 0.717) is 11.5 Å². The zero-order valence-corrected chi connectivity index (χ0v) is 10.7. The monoisotopic (exact) mass is 215 g/mol. The Labute approximate surface area is 98.1 Å². The van der Waals surface area contributed by atoms with Gasteiger partial charge in [-0.3, -0.25) is 0 Å². The van der Waals surface area contributed by atoms with Gasteiger partial charge in [-0.25, -0.2) is 0 Å². The van der Waals surface area contributed by atoms with E-state index in [1.54, 1.807) is 0 Å². The minimum absolute atomic E-state index is 0.380. The van der Waals surface area contributed by atoms with Gasteiger partial charge in [-0.1, -0.05) is 39.0 Å². The van der Waals surface area contributed by atoms with E-state index in [4.69, 9.17) is 0 Å². The van der Waals surface area contributed by atoms with Gasteiger partial charge >= 0.3 is 0 Å². The SMILES string of the molecule is CC(CC(C)(C)C)n1ccc2ccccc21. The molecule has 86 valence electrons. The highest BCUT2D eigenvalue weighted by Crippen LogP contribution is 2.29. The summed E-state index contributed by atoms with van der Waals surface area (Å²) >= 11 is 0. The van der Waals surface area contributed by atoms with Gasteiger partial charge in [-0.15, -0.1) is 0 Å². The van der Waals surface area contributed by atoms with Crippen LogP contribution in [0.1, 0.15) is 40.2 Å². The molecule has 0 aliphatic heterocycles. The molecule has 0 saturated carbocycles. The molecular formula is C15H21N. The average Bonchev–Trinajstić information content (AvgIpc) is 2.58. The van der Waals surface area contributed by atoms with Gasteiger partial charge in [0.25, 0.3) is 0 Å². The third kappa shape index (κ3) is 2.29. The molecule has 0 aliphatic carbocycles. The maximum Gasteiger partial charge on any atom is 0.0482 e. The first-order valence-electron chi connectivity index (χ1n) is 6.03. The Morgan fingerprint density at radius 2 is 1.81 bits per heavy atom. The van der Waals surface area contributed by atoms with Crippen LogP contribution in [0, 0.1) is 5.41 Å². The van der Waals surface area contributed by atoms with E-state index in [1.165, 1.54) is 17.3 Å². The fraction of sp³-hybridized carbons (Fsp3) is 0.467. The van der Waals surface area contributed by atoms with Crippen molar-refractivity contribution in [1.29, 1.82) is 0 Å². The summed E-state index contributed by atoms with van der Waals surface area (Å²) in [5.41, 5.74) is 1.73. The van der Waals surface area contributed by atoms with E-state index in [1.807, 2.05) is 0 Å². The van der Waals surface area contributed by atoms with Gasteiger partial charge in [0.2, 0.25) is 0 Å². The van der Waals surface area contributed by atoms with Gasteiger partial charge in [0.05, 0.1) is 0 Å². The minimum Gasteiger partial charge on any atom is -0.345 e. The normalized spacial score (nSPS) is 14.2. The lowest BCUT2D eigenvalue weighted by atomic mass is 9.88. The molecule has 0 fully saturated rings. The maximum atomic E-state index is 2.39. The van der Waals surface area contributed by atoms with E-state index in [2.05, 4.69) is 68.8 Å². The molecule has 0 spiro atoms. The number of benzene rings is 1. The molecule has 1 aromatic carbocycles. The first kappa shape index (κ1) is 11.3. The third-order valence-corrected chi connectivity index (χ3v) is 3.01. The predicted molar refractivity (Wildman–Crippen MR) is 70.7 cm³/mol. The molecule has 1 nitrogen and oxygen atoms in total. The van der Waals surface area contributed by atoms with Crippen LogP contribution in [-0.2, 0) is 0 Å². The zero-order valence-electron chi connectivity index (χ0n) is 10.7. The molecule has 2 rings (SSSR count). The van der Waals surface area contributed by atoms with E-state index < -0.39 is 0 Å². The molecule has 0 amide bonds. The molecule has 0 saturated heterocycles. The Hall–Kier alpha value is -1.24. The lowest BCUT2D eigenvalue weighted by Gasteiger charge is -2.25. The molecular weight excluding hydrogens is 194 g/mol. The van der Waals surface area contributed by atoms with E-state index >= 15 is 0 Å². The van der Waals surface area contributed by atoms with Gasteiger partial charge in [-0.05, 0) is 36.3 Å². The van der Waals surface area contributed by atoms with Crippen LogP contribution in [0.3, 0.4) is 0 Å². The van der Waals surface area contributed by atoms with Crippen molar-refractivity contribution in [1.82, 2.24) is 4.57 Å². The number of rotatable bonds is 2. The highest BCUT2D eigenvalue weighted by molar-refractivity contribution is 5.80. The topological polar surface area (TPSA) is 4.93 Å². The predicted octanol–water partition coefficient (Wildman–Crippen LogP) is 4.64. The van der Waals surface area contributed by atoms with Crippen LogP contribution in [0.5, 0.6) is 0 Å². The van der Waals surface area contributed by atoms with Crippen molar-refractivity contribution in [3.63, 3.8) is 0 Å². The summed E-state index contributed by atoms with van der Waals surface area (Å²) in [5.74, 6) is 0. The second-order valence-electron chi connectivity index (χ2n) is 5.90. The molecule has 1 heterocycles. The van der Waals surface area contributed by atoms with Crippen LogP contribution < -0.4 is 0 Å². The van der Waals surface area contributed by atoms with Gasteiger partial charge in [-0.2, -0.15) is 0 Å². The molecule has 0 radical (unpaired) electrons. The number of nitrogens with zero attached hydrogens (tertiary/aromatic N) is 1. The second kappa shape index (κ2) is 3.97. The summed E-state index contributed by atoms with van der Waals surface area (Å²) in [4.78, 5) is 0. The van der Waals surface area contributed by atoms with Crippen molar-refractivity contribution in [2.24, 2.45) is 5.41 Å². The van der Waals surface area contributed by atoms with Crippen LogP contribution in [0.25, 0.3) is 10.9 Å². The van der Waals surface area contributed by atoms with Crippen molar-refractivity contribution in [3.05, 3.63) is 36.5 Å². The Morgan fingerprint density at radius 3 is 2.50 bits per heavy atom. The average molecular weight is 215 g/mol. The van der Waals surface area contributed by atoms with Gasteiger partial charge < -0.3 is 4.57 Å². The first-order valence-corrected chi connectivity index (χ1v) is 6.03. The summed E-state index contributed by atoms with van der Waals surface area (Å²) in [5, 5.41) is 1.34. The molecule has 0 N–H and O–H groups in total. The van der Waals surface area contributed by atoms with E-state index in [9.17, 15) is 0 Å². The fourth-order valence-electron chi connectivity index (χ4n) is 2.47. The standard InChI is InChI=1S/C15H21N/c1-12(11-15(2,3)4)16-10-9-13-7-5-6-8-14(13)16/h5-10,12H,11H2,1-4H3. The van der Waals surface area contributed by atoms with Gasteiger partial charge in [0, 0.05) is 17.8 Å².